The molecule has 0 saturated heterocycles. The molecule has 0 unspecified atom stereocenters. The minimum absolute atomic E-state index is 0.132. The first-order chi connectivity index (χ1) is 7.15. The zero-order valence-corrected chi connectivity index (χ0v) is 9.69. The molecule has 2 aliphatic rings. The van der Waals surface area contributed by atoms with E-state index in [4.69, 9.17) is 12.2 Å². The van der Waals surface area contributed by atoms with Crippen molar-refractivity contribution in [2.45, 2.75) is 38.6 Å². The average molecular weight is 227 g/mol. The van der Waals surface area contributed by atoms with E-state index in [0.29, 0.717) is 11.2 Å². The Bertz CT molecular complexity index is 282. The highest BCUT2D eigenvalue weighted by atomic mass is 32.1. The van der Waals surface area contributed by atoms with Crippen LogP contribution in [0.15, 0.2) is 0 Å². The zero-order valence-electron chi connectivity index (χ0n) is 8.88. The lowest BCUT2D eigenvalue weighted by Gasteiger charge is -2.24. The predicted molar refractivity (Wildman–Crippen MR) is 61.9 cm³/mol. The maximum absolute atomic E-state index is 10.7. The van der Waals surface area contributed by atoms with Crippen LogP contribution in [0.25, 0.3) is 0 Å². The van der Waals surface area contributed by atoms with Crippen LogP contribution in [-0.4, -0.2) is 17.1 Å². The molecular formula is C10H17N3OS. The number of rotatable bonds is 1. The monoisotopic (exact) mass is 227 g/mol. The Morgan fingerprint density at radius 3 is 2.60 bits per heavy atom. The summed E-state index contributed by atoms with van der Waals surface area (Å²) >= 11 is 5.09. The van der Waals surface area contributed by atoms with Gasteiger partial charge in [-0.05, 0) is 43.3 Å². The summed E-state index contributed by atoms with van der Waals surface area (Å²) in [5.41, 5.74) is 5.16. The predicted octanol–water partition coefficient (Wildman–Crippen LogP) is 0.690. The van der Waals surface area contributed by atoms with Crippen molar-refractivity contribution in [3.05, 3.63) is 0 Å². The molecule has 15 heavy (non-hydrogen) atoms. The second-order valence-electron chi connectivity index (χ2n) is 4.56. The molecule has 0 heterocycles. The number of amides is 1. The van der Waals surface area contributed by atoms with E-state index in [1.807, 2.05) is 0 Å². The van der Waals surface area contributed by atoms with E-state index in [2.05, 4.69) is 16.2 Å². The highest BCUT2D eigenvalue weighted by Gasteiger charge is 2.39. The van der Waals surface area contributed by atoms with E-state index in [1.54, 1.807) is 0 Å². The van der Waals surface area contributed by atoms with E-state index < -0.39 is 0 Å². The molecule has 3 atom stereocenters. The summed E-state index contributed by atoms with van der Waals surface area (Å²) in [6.45, 7) is 1.45. The number of hydrazine groups is 1. The number of hydrogen-bond donors (Lipinski definition) is 3. The molecular weight excluding hydrogens is 210 g/mol. The minimum atomic E-state index is -0.132. The maximum atomic E-state index is 10.7. The summed E-state index contributed by atoms with van der Waals surface area (Å²) in [5, 5.41) is 3.80. The lowest BCUT2D eigenvalue weighted by molar-refractivity contribution is -0.119. The van der Waals surface area contributed by atoms with Gasteiger partial charge in [0.05, 0.1) is 0 Å². The van der Waals surface area contributed by atoms with Gasteiger partial charge in [0, 0.05) is 13.0 Å². The Balaban J connectivity index is 1.73. The summed E-state index contributed by atoms with van der Waals surface area (Å²) in [6.07, 6.45) is 5.28. The highest BCUT2D eigenvalue weighted by Crippen LogP contribution is 2.44. The fourth-order valence-electron chi connectivity index (χ4n) is 2.77. The minimum Gasteiger partial charge on any atom is -0.358 e. The number of thiocarbonyl (C=S) groups is 1. The van der Waals surface area contributed by atoms with Crippen LogP contribution in [0.1, 0.15) is 32.6 Å². The molecule has 0 aromatic rings. The standard InChI is InChI=1S/C10H17N3OS/c1-6(14)12-13-10(15)11-9-5-7-2-3-8(9)4-7/h7-9H,2-5H2,1H3,(H,12,14)(H2,11,13,15)/t7-,8-,9-/m0/s1. The van der Waals surface area contributed by atoms with Gasteiger partial charge in [-0.3, -0.25) is 15.6 Å². The Hall–Kier alpha value is -0.840. The van der Waals surface area contributed by atoms with Gasteiger partial charge in [-0.25, -0.2) is 0 Å². The fourth-order valence-corrected chi connectivity index (χ4v) is 2.97. The van der Waals surface area contributed by atoms with Gasteiger partial charge in [0.2, 0.25) is 5.91 Å². The number of fused-ring (bicyclic) bond motifs is 2. The molecule has 3 N–H and O–H groups in total. The summed E-state index contributed by atoms with van der Waals surface area (Å²) in [4.78, 5) is 10.7. The van der Waals surface area contributed by atoms with Gasteiger partial charge in [0.15, 0.2) is 5.11 Å². The summed E-state index contributed by atoms with van der Waals surface area (Å²) in [6, 6.07) is 0.512. The molecule has 1 amide bonds. The summed E-state index contributed by atoms with van der Waals surface area (Å²) in [7, 11) is 0. The largest absolute Gasteiger partial charge is 0.358 e. The van der Waals surface area contributed by atoms with Gasteiger partial charge >= 0.3 is 0 Å². The molecule has 4 nitrogen and oxygen atoms in total. The van der Waals surface area contributed by atoms with Crippen LogP contribution >= 0.6 is 12.2 Å². The molecule has 0 aliphatic heterocycles. The molecule has 2 saturated carbocycles. The van der Waals surface area contributed by atoms with E-state index in [0.717, 1.165) is 11.8 Å². The number of carbonyl (C=O) groups excluding carboxylic acids is 1. The van der Waals surface area contributed by atoms with Crippen molar-refractivity contribution in [2.24, 2.45) is 11.8 Å². The number of hydrogen-bond acceptors (Lipinski definition) is 2. The summed E-state index contributed by atoms with van der Waals surface area (Å²) < 4.78 is 0. The number of nitrogens with one attached hydrogen (secondary N) is 3. The first-order valence-electron chi connectivity index (χ1n) is 5.48. The van der Waals surface area contributed by atoms with E-state index >= 15 is 0 Å². The zero-order chi connectivity index (χ0) is 10.8. The van der Waals surface area contributed by atoms with E-state index in [9.17, 15) is 4.79 Å². The molecule has 84 valence electrons. The van der Waals surface area contributed by atoms with Crippen LogP contribution in [-0.2, 0) is 4.79 Å². The molecule has 2 fully saturated rings. The SMILES string of the molecule is CC(=O)NNC(=S)N[C@H]1C[C@H]2CC[C@H]1C2. The second-order valence-corrected chi connectivity index (χ2v) is 4.97. The second kappa shape index (κ2) is 4.35. The van der Waals surface area contributed by atoms with Crippen LogP contribution in [0.5, 0.6) is 0 Å². The molecule has 0 spiro atoms. The molecule has 2 rings (SSSR count). The van der Waals surface area contributed by atoms with Crippen molar-refractivity contribution in [2.75, 3.05) is 0 Å². The van der Waals surface area contributed by atoms with Gasteiger partial charge < -0.3 is 5.32 Å². The third-order valence-corrected chi connectivity index (χ3v) is 3.63. The average Bonchev–Trinajstić information content (AvgIpc) is 2.76. The quantitative estimate of drug-likeness (QED) is 0.456. The van der Waals surface area contributed by atoms with E-state index in [1.165, 1.54) is 32.6 Å². The Morgan fingerprint density at radius 2 is 2.07 bits per heavy atom. The third kappa shape index (κ3) is 2.59. The van der Waals surface area contributed by atoms with Crippen LogP contribution in [0.3, 0.4) is 0 Å². The van der Waals surface area contributed by atoms with Gasteiger partial charge in [0.25, 0.3) is 0 Å². The molecule has 0 aromatic heterocycles. The number of carbonyl (C=O) groups is 1. The molecule has 0 radical (unpaired) electrons. The van der Waals surface area contributed by atoms with E-state index in [-0.39, 0.29) is 5.91 Å². The van der Waals surface area contributed by atoms with Crippen molar-refractivity contribution in [3.63, 3.8) is 0 Å². The van der Waals surface area contributed by atoms with Gasteiger partial charge in [-0.1, -0.05) is 6.42 Å². The molecule has 5 heteroatoms. The van der Waals surface area contributed by atoms with Crippen LogP contribution in [0.4, 0.5) is 0 Å². The first-order valence-corrected chi connectivity index (χ1v) is 5.89. The van der Waals surface area contributed by atoms with Crippen LogP contribution in [0, 0.1) is 11.8 Å². The van der Waals surface area contributed by atoms with Crippen molar-refractivity contribution in [1.29, 1.82) is 0 Å². The van der Waals surface area contributed by atoms with Crippen LogP contribution < -0.4 is 16.2 Å². The lowest BCUT2D eigenvalue weighted by Crippen LogP contribution is -2.50. The van der Waals surface area contributed by atoms with Crippen molar-refractivity contribution in [1.82, 2.24) is 16.2 Å². The maximum Gasteiger partial charge on any atom is 0.235 e. The lowest BCUT2D eigenvalue weighted by atomic mass is 9.96. The molecule has 2 aliphatic carbocycles. The summed E-state index contributed by atoms with van der Waals surface area (Å²) in [5.74, 6) is 1.55. The molecule has 0 aromatic carbocycles. The van der Waals surface area contributed by atoms with Crippen molar-refractivity contribution < 1.29 is 4.79 Å². The normalized spacial score (nSPS) is 32.5. The van der Waals surface area contributed by atoms with Gasteiger partial charge in [-0.2, -0.15) is 0 Å². The topological polar surface area (TPSA) is 53.2 Å². The highest BCUT2D eigenvalue weighted by molar-refractivity contribution is 7.80. The fraction of sp³-hybridized carbons (Fsp3) is 0.800. The van der Waals surface area contributed by atoms with Gasteiger partial charge in [-0.15, -0.1) is 0 Å². The Labute approximate surface area is 95.2 Å². The Morgan fingerprint density at radius 1 is 1.27 bits per heavy atom. The smallest absolute Gasteiger partial charge is 0.235 e. The van der Waals surface area contributed by atoms with Crippen molar-refractivity contribution >= 4 is 23.2 Å². The first kappa shape index (κ1) is 10.7. The molecule has 2 bridgehead atoms. The van der Waals surface area contributed by atoms with Crippen LogP contribution in [0.2, 0.25) is 0 Å². The van der Waals surface area contributed by atoms with Crippen molar-refractivity contribution in [3.8, 4) is 0 Å². The van der Waals surface area contributed by atoms with Gasteiger partial charge in [0.1, 0.15) is 0 Å². The Kier molecular flexibility index (Phi) is 3.09. The third-order valence-electron chi connectivity index (χ3n) is 3.41.